The zero-order valence-corrected chi connectivity index (χ0v) is 11.6. The molecule has 18 heavy (non-hydrogen) atoms. The molecule has 3 nitrogen and oxygen atoms in total. The molecule has 0 spiro atoms. The number of H-pyrrole nitrogens is 1. The van der Waals surface area contributed by atoms with Crippen LogP contribution < -0.4 is 9.88 Å². The molecule has 3 N–H and O–H groups in total. The number of benzene rings is 1. The number of pyridine rings is 1. The van der Waals surface area contributed by atoms with Gasteiger partial charge in [-0.25, -0.2) is 4.98 Å². The van der Waals surface area contributed by atoms with E-state index in [9.17, 15) is 5.11 Å². The van der Waals surface area contributed by atoms with Gasteiger partial charge in [0, 0.05) is 13.0 Å². The Bertz CT molecular complexity index is 576. The zero-order chi connectivity index (χ0) is 13.3. The van der Waals surface area contributed by atoms with Crippen LogP contribution in [0.15, 0.2) is 18.2 Å². The molecule has 2 aromatic rings. The van der Waals surface area contributed by atoms with Gasteiger partial charge in [0.1, 0.15) is 17.9 Å². The summed E-state index contributed by atoms with van der Waals surface area (Å²) in [6.07, 6.45) is 0.984. The van der Waals surface area contributed by atoms with E-state index in [1.165, 1.54) is 10.5 Å². The van der Waals surface area contributed by atoms with Crippen LogP contribution in [0.5, 0.6) is 5.75 Å². The molecule has 0 unspecified atom stereocenters. The quantitative estimate of drug-likeness (QED) is 0.829. The number of nitrogens with one attached hydrogen (secondary N) is 2. The highest BCUT2D eigenvalue weighted by atomic mass is 16.3. The maximum Gasteiger partial charge on any atom is 0.214 e. The fourth-order valence-corrected chi connectivity index (χ4v) is 2.30. The van der Waals surface area contributed by atoms with Crippen molar-refractivity contribution in [3.05, 3.63) is 35.0 Å². The average molecular weight is 246 g/mol. The number of aryl methyl sites for hydroxylation is 2. The Hall–Kier alpha value is -1.61. The Morgan fingerprint density at radius 1 is 1.28 bits per heavy atom. The second kappa shape index (κ2) is 4.94. The standard InChI is InChI=1S/C15H20N2O/c1-5-11-6-7-14-12(8-11)15(18)13(9-17(3)4)10(2)16-14/h6-8H,5,9H2,1-4H3,(H,16,18)/p+2. The summed E-state index contributed by atoms with van der Waals surface area (Å²) in [5.41, 5.74) is 4.30. The van der Waals surface area contributed by atoms with Crippen molar-refractivity contribution in [1.82, 2.24) is 0 Å². The van der Waals surface area contributed by atoms with Gasteiger partial charge in [0.25, 0.3) is 0 Å². The van der Waals surface area contributed by atoms with Crippen LogP contribution in [0.2, 0.25) is 0 Å². The Labute approximate surface area is 108 Å². The minimum Gasteiger partial charge on any atom is -0.506 e. The monoisotopic (exact) mass is 246 g/mol. The molecule has 0 saturated carbocycles. The summed E-state index contributed by atoms with van der Waals surface area (Å²) in [6, 6.07) is 6.23. The van der Waals surface area contributed by atoms with E-state index < -0.39 is 0 Å². The van der Waals surface area contributed by atoms with E-state index in [1.54, 1.807) is 0 Å². The normalized spacial score (nSPS) is 11.4. The topological polar surface area (TPSA) is 38.8 Å². The van der Waals surface area contributed by atoms with E-state index in [0.717, 1.165) is 35.1 Å². The van der Waals surface area contributed by atoms with Crippen LogP contribution >= 0.6 is 0 Å². The minimum atomic E-state index is 0.428. The Morgan fingerprint density at radius 3 is 2.61 bits per heavy atom. The first-order chi connectivity index (χ1) is 8.52. The van der Waals surface area contributed by atoms with Crippen molar-refractivity contribution in [2.75, 3.05) is 14.1 Å². The van der Waals surface area contributed by atoms with Gasteiger partial charge in [0.2, 0.25) is 5.52 Å². The summed E-state index contributed by atoms with van der Waals surface area (Å²) >= 11 is 0. The third-order valence-electron chi connectivity index (χ3n) is 3.34. The van der Waals surface area contributed by atoms with E-state index >= 15 is 0 Å². The van der Waals surface area contributed by atoms with Gasteiger partial charge in [-0.3, -0.25) is 0 Å². The van der Waals surface area contributed by atoms with Crippen molar-refractivity contribution < 1.29 is 15.0 Å². The Morgan fingerprint density at radius 2 is 2.00 bits per heavy atom. The van der Waals surface area contributed by atoms with E-state index in [-0.39, 0.29) is 0 Å². The smallest absolute Gasteiger partial charge is 0.214 e. The van der Waals surface area contributed by atoms with Crippen molar-refractivity contribution in [2.24, 2.45) is 0 Å². The van der Waals surface area contributed by atoms with Crippen molar-refractivity contribution in [3.63, 3.8) is 0 Å². The van der Waals surface area contributed by atoms with Crippen LogP contribution in [0.3, 0.4) is 0 Å². The van der Waals surface area contributed by atoms with Gasteiger partial charge in [0.05, 0.1) is 19.5 Å². The van der Waals surface area contributed by atoms with E-state index in [1.807, 2.05) is 13.0 Å². The lowest BCUT2D eigenvalue weighted by atomic mass is 10.0. The van der Waals surface area contributed by atoms with Crippen molar-refractivity contribution in [3.8, 4) is 5.75 Å². The second-order valence-corrected chi connectivity index (χ2v) is 5.19. The molecule has 0 atom stereocenters. The molecule has 0 bridgehead atoms. The summed E-state index contributed by atoms with van der Waals surface area (Å²) in [6.45, 7) is 4.96. The number of rotatable bonds is 3. The van der Waals surface area contributed by atoms with Crippen LogP contribution in [0.25, 0.3) is 10.9 Å². The lowest BCUT2D eigenvalue weighted by Gasteiger charge is -2.10. The van der Waals surface area contributed by atoms with Crippen molar-refractivity contribution in [1.29, 1.82) is 0 Å². The van der Waals surface area contributed by atoms with Crippen LogP contribution in [0.1, 0.15) is 23.7 Å². The molecule has 1 heterocycles. The fourth-order valence-electron chi connectivity index (χ4n) is 2.30. The van der Waals surface area contributed by atoms with Crippen LogP contribution in [-0.2, 0) is 13.0 Å². The molecule has 0 aliphatic rings. The third kappa shape index (κ3) is 2.31. The van der Waals surface area contributed by atoms with Crippen LogP contribution in [-0.4, -0.2) is 19.2 Å². The first-order valence-corrected chi connectivity index (χ1v) is 6.48. The van der Waals surface area contributed by atoms with Gasteiger partial charge in [-0.05, 0) is 18.1 Å². The molecule has 1 aromatic carbocycles. The van der Waals surface area contributed by atoms with E-state index in [0.29, 0.717) is 5.75 Å². The SMILES string of the molecule is CCc1ccc2[nH+]c(C)c(C[NH+](C)C)c(O)c2c1. The largest absolute Gasteiger partial charge is 0.506 e. The van der Waals surface area contributed by atoms with Gasteiger partial charge in [0.15, 0.2) is 5.69 Å². The highest BCUT2D eigenvalue weighted by Crippen LogP contribution is 2.27. The first kappa shape index (κ1) is 12.8. The molecule has 0 amide bonds. The lowest BCUT2D eigenvalue weighted by molar-refractivity contribution is -0.873. The predicted molar refractivity (Wildman–Crippen MR) is 72.8 cm³/mol. The number of hydrogen-bond acceptors (Lipinski definition) is 1. The van der Waals surface area contributed by atoms with Gasteiger partial charge >= 0.3 is 0 Å². The molecular weight excluding hydrogens is 224 g/mol. The maximum atomic E-state index is 10.5. The summed E-state index contributed by atoms with van der Waals surface area (Å²) in [4.78, 5) is 4.68. The van der Waals surface area contributed by atoms with Gasteiger partial charge in [-0.2, -0.15) is 0 Å². The first-order valence-electron chi connectivity index (χ1n) is 6.48. The summed E-state index contributed by atoms with van der Waals surface area (Å²) in [5, 5.41) is 11.4. The molecular formula is C15H22N2O+2. The molecule has 3 heteroatoms. The zero-order valence-electron chi connectivity index (χ0n) is 11.6. The highest BCUT2D eigenvalue weighted by Gasteiger charge is 2.19. The molecule has 0 saturated heterocycles. The number of aromatic hydroxyl groups is 1. The average Bonchev–Trinajstić information content (AvgIpc) is 2.34. The summed E-state index contributed by atoms with van der Waals surface area (Å²) in [5.74, 6) is 0.428. The summed E-state index contributed by atoms with van der Waals surface area (Å²) < 4.78 is 0. The lowest BCUT2D eigenvalue weighted by Crippen LogP contribution is -3.04. The molecule has 0 aliphatic carbocycles. The second-order valence-electron chi connectivity index (χ2n) is 5.19. The van der Waals surface area contributed by atoms with E-state index in [4.69, 9.17) is 0 Å². The molecule has 0 radical (unpaired) electrons. The maximum absolute atomic E-state index is 10.5. The number of quaternary nitrogens is 1. The Kier molecular flexibility index (Phi) is 3.53. The van der Waals surface area contributed by atoms with E-state index in [2.05, 4.69) is 38.1 Å². The number of fused-ring (bicyclic) bond motifs is 1. The van der Waals surface area contributed by atoms with Crippen molar-refractivity contribution in [2.45, 2.75) is 26.8 Å². The van der Waals surface area contributed by atoms with Gasteiger partial charge < -0.3 is 10.0 Å². The van der Waals surface area contributed by atoms with Gasteiger partial charge in [-0.1, -0.05) is 13.0 Å². The Balaban J connectivity index is 2.65. The minimum absolute atomic E-state index is 0.428. The molecule has 0 aliphatic heterocycles. The molecule has 0 fully saturated rings. The summed E-state index contributed by atoms with van der Waals surface area (Å²) in [7, 11) is 4.18. The van der Waals surface area contributed by atoms with Crippen molar-refractivity contribution >= 4 is 10.9 Å². The van der Waals surface area contributed by atoms with Crippen LogP contribution in [0.4, 0.5) is 0 Å². The van der Waals surface area contributed by atoms with Crippen LogP contribution in [0, 0.1) is 6.92 Å². The number of aromatic nitrogens is 1. The highest BCUT2D eigenvalue weighted by molar-refractivity contribution is 5.84. The number of aromatic amines is 1. The van der Waals surface area contributed by atoms with Gasteiger partial charge in [-0.15, -0.1) is 0 Å². The third-order valence-corrected chi connectivity index (χ3v) is 3.34. The molecule has 96 valence electrons. The number of hydrogen-bond donors (Lipinski definition) is 2. The molecule has 1 aromatic heterocycles. The fraction of sp³-hybridized carbons (Fsp3) is 0.400. The molecule has 2 rings (SSSR count). The predicted octanol–water partition coefficient (Wildman–Crippen LogP) is 0.875.